The van der Waals surface area contributed by atoms with E-state index in [1.165, 1.54) is 24.3 Å². The summed E-state index contributed by atoms with van der Waals surface area (Å²) in [4.78, 5) is 27.0. The van der Waals surface area contributed by atoms with Gasteiger partial charge in [0.2, 0.25) is 5.91 Å². The molecular weight excluding hydrogens is 427 g/mol. The number of halogens is 2. The van der Waals surface area contributed by atoms with Gasteiger partial charge < -0.3 is 15.0 Å². The molecular formula is C21H24BrFN2O3. The summed E-state index contributed by atoms with van der Waals surface area (Å²) < 4.78 is 19.3. The van der Waals surface area contributed by atoms with Crippen LogP contribution in [-0.2, 0) is 11.3 Å². The van der Waals surface area contributed by atoms with Gasteiger partial charge >= 0.3 is 0 Å². The lowest BCUT2D eigenvalue weighted by atomic mass is 10.0. The van der Waals surface area contributed by atoms with Crippen LogP contribution in [0.15, 0.2) is 46.9 Å². The van der Waals surface area contributed by atoms with Crippen molar-refractivity contribution in [3.8, 4) is 5.75 Å². The minimum Gasteiger partial charge on any atom is -0.496 e. The molecule has 0 aliphatic heterocycles. The van der Waals surface area contributed by atoms with Crippen LogP contribution < -0.4 is 10.1 Å². The molecule has 0 fully saturated rings. The van der Waals surface area contributed by atoms with Gasteiger partial charge in [-0.3, -0.25) is 9.59 Å². The zero-order chi connectivity index (χ0) is 20.8. The van der Waals surface area contributed by atoms with Crippen molar-refractivity contribution in [2.24, 2.45) is 5.92 Å². The molecule has 150 valence electrons. The fourth-order valence-electron chi connectivity index (χ4n) is 2.78. The summed E-state index contributed by atoms with van der Waals surface area (Å²) in [6.07, 6.45) is 0. The third kappa shape index (κ3) is 5.55. The molecule has 0 heterocycles. The Morgan fingerprint density at radius 1 is 1.18 bits per heavy atom. The van der Waals surface area contributed by atoms with E-state index in [1.54, 1.807) is 19.1 Å². The number of hydrogen-bond donors (Lipinski definition) is 1. The highest BCUT2D eigenvalue weighted by molar-refractivity contribution is 9.10. The fourth-order valence-corrected chi connectivity index (χ4v) is 3.19. The molecule has 0 unspecified atom stereocenters. The van der Waals surface area contributed by atoms with Gasteiger partial charge in [-0.15, -0.1) is 0 Å². The summed E-state index contributed by atoms with van der Waals surface area (Å²) in [6.45, 7) is 4.05. The SMILES string of the molecule is COc1ccc(Br)cc1CN(C)C(=O)[C@@H](NC(=O)c1ccc(F)cc1)C(C)C. The van der Waals surface area contributed by atoms with Gasteiger partial charge in [0.15, 0.2) is 0 Å². The molecule has 0 saturated carbocycles. The highest BCUT2D eigenvalue weighted by Gasteiger charge is 2.28. The highest BCUT2D eigenvalue weighted by Crippen LogP contribution is 2.24. The van der Waals surface area contributed by atoms with Gasteiger partial charge in [0.1, 0.15) is 17.6 Å². The van der Waals surface area contributed by atoms with E-state index in [1.807, 2.05) is 32.0 Å². The van der Waals surface area contributed by atoms with E-state index in [0.717, 1.165) is 10.0 Å². The Kier molecular flexibility index (Phi) is 7.57. The average Bonchev–Trinajstić information content (AvgIpc) is 2.65. The number of ether oxygens (including phenoxy) is 1. The lowest BCUT2D eigenvalue weighted by Crippen LogP contribution is -2.50. The number of methoxy groups -OCH3 is 1. The molecule has 0 radical (unpaired) electrons. The maximum Gasteiger partial charge on any atom is 0.251 e. The van der Waals surface area contributed by atoms with Crippen molar-refractivity contribution in [3.05, 3.63) is 63.9 Å². The minimum absolute atomic E-state index is 0.122. The molecule has 0 aromatic heterocycles. The smallest absolute Gasteiger partial charge is 0.251 e. The van der Waals surface area contributed by atoms with Crippen LogP contribution in [0, 0.1) is 11.7 Å². The highest BCUT2D eigenvalue weighted by atomic mass is 79.9. The minimum atomic E-state index is -0.708. The molecule has 0 aliphatic rings. The summed E-state index contributed by atoms with van der Waals surface area (Å²) in [7, 11) is 3.26. The van der Waals surface area contributed by atoms with E-state index in [4.69, 9.17) is 4.74 Å². The van der Waals surface area contributed by atoms with Crippen molar-refractivity contribution >= 4 is 27.7 Å². The second-order valence-electron chi connectivity index (χ2n) is 6.85. The fraction of sp³-hybridized carbons (Fsp3) is 0.333. The van der Waals surface area contributed by atoms with Gasteiger partial charge in [0.25, 0.3) is 5.91 Å². The molecule has 1 N–H and O–H groups in total. The number of carbonyl (C=O) groups is 2. The predicted octanol–water partition coefficient (Wildman–Crippen LogP) is 4.01. The number of nitrogens with one attached hydrogen (secondary N) is 1. The summed E-state index contributed by atoms with van der Waals surface area (Å²) >= 11 is 3.43. The summed E-state index contributed by atoms with van der Waals surface area (Å²) in [5.41, 5.74) is 1.15. The first kappa shape index (κ1) is 21.9. The lowest BCUT2D eigenvalue weighted by molar-refractivity contribution is -0.133. The van der Waals surface area contributed by atoms with Gasteiger partial charge in [-0.2, -0.15) is 0 Å². The third-order valence-electron chi connectivity index (χ3n) is 4.35. The zero-order valence-electron chi connectivity index (χ0n) is 16.3. The summed E-state index contributed by atoms with van der Waals surface area (Å²) in [5.74, 6) is -0.494. The Morgan fingerprint density at radius 3 is 2.39 bits per heavy atom. The van der Waals surface area contributed by atoms with Crippen LogP contribution in [0.3, 0.4) is 0 Å². The number of amides is 2. The molecule has 2 rings (SSSR count). The summed E-state index contributed by atoms with van der Waals surface area (Å²) in [6, 6.07) is 10.1. The van der Waals surface area contributed by atoms with Gasteiger partial charge in [0, 0.05) is 29.2 Å². The van der Waals surface area contributed by atoms with E-state index in [-0.39, 0.29) is 11.8 Å². The van der Waals surface area contributed by atoms with Crippen LogP contribution in [0.4, 0.5) is 4.39 Å². The van der Waals surface area contributed by atoms with E-state index in [0.29, 0.717) is 17.9 Å². The van der Waals surface area contributed by atoms with Crippen LogP contribution in [0.25, 0.3) is 0 Å². The topological polar surface area (TPSA) is 58.6 Å². The van der Waals surface area contributed by atoms with Crippen molar-refractivity contribution in [1.29, 1.82) is 0 Å². The van der Waals surface area contributed by atoms with Crippen molar-refractivity contribution in [2.45, 2.75) is 26.4 Å². The first-order valence-corrected chi connectivity index (χ1v) is 9.66. The molecule has 1 atom stereocenters. The normalized spacial score (nSPS) is 11.8. The molecule has 2 amide bonds. The van der Waals surface area contributed by atoms with Gasteiger partial charge in [0.05, 0.1) is 7.11 Å². The average molecular weight is 451 g/mol. The third-order valence-corrected chi connectivity index (χ3v) is 4.85. The van der Waals surface area contributed by atoms with Crippen LogP contribution in [0.1, 0.15) is 29.8 Å². The van der Waals surface area contributed by atoms with Crippen LogP contribution in [0.2, 0.25) is 0 Å². The first-order valence-electron chi connectivity index (χ1n) is 8.86. The molecule has 0 bridgehead atoms. The van der Waals surface area contributed by atoms with Gasteiger partial charge in [-0.25, -0.2) is 4.39 Å². The van der Waals surface area contributed by atoms with E-state index >= 15 is 0 Å². The molecule has 7 heteroatoms. The van der Waals surface area contributed by atoms with Gasteiger partial charge in [-0.1, -0.05) is 29.8 Å². The van der Waals surface area contributed by atoms with Gasteiger partial charge in [-0.05, 0) is 48.4 Å². The number of hydrogen-bond acceptors (Lipinski definition) is 3. The van der Waals surface area contributed by atoms with Crippen molar-refractivity contribution < 1.29 is 18.7 Å². The molecule has 2 aromatic rings. The van der Waals surface area contributed by atoms with Crippen LogP contribution >= 0.6 is 15.9 Å². The first-order chi connectivity index (χ1) is 13.2. The molecule has 0 spiro atoms. The molecule has 0 aliphatic carbocycles. The second kappa shape index (κ2) is 9.68. The number of benzene rings is 2. The van der Waals surface area contributed by atoms with Crippen molar-refractivity contribution in [1.82, 2.24) is 10.2 Å². The number of nitrogens with zero attached hydrogens (tertiary/aromatic N) is 1. The predicted molar refractivity (Wildman–Crippen MR) is 110 cm³/mol. The lowest BCUT2D eigenvalue weighted by Gasteiger charge is -2.27. The molecule has 0 saturated heterocycles. The maximum absolute atomic E-state index is 13.1. The van der Waals surface area contributed by atoms with E-state index in [9.17, 15) is 14.0 Å². The quantitative estimate of drug-likeness (QED) is 0.692. The zero-order valence-corrected chi connectivity index (χ0v) is 17.9. The second-order valence-corrected chi connectivity index (χ2v) is 7.77. The Bertz CT molecular complexity index is 840. The molecule has 28 heavy (non-hydrogen) atoms. The Morgan fingerprint density at radius 2 is 1.82 bits per heavy atom. The number of likely N-dealkylation sites (N-methyl/N-ethyl adjacent to an activating group) is 1. The summed E-state index contributed by atoms with van der Waals surface area (Å²) in [5, 5.41) is 2.77. The Hall–Kier alpha value is -2.41. The van der Waals surface area contributed by atoms with E-state index < -0.39 is 17.8 Å². The van der Waals surface area contributed by atoms with Crippen LogP contribution in [0.5, 0.6) is 5.75 Å². The molecule has 5 nitrogen and oxygen atoms in total. The monoisotopic (exact) mass is 450 g/mol. The number of rotatable bonds is 7. The van der Waals surface area contributed by atoms with Crippen molar-refractivity contribution in [2.75, 3.05) is 14.2 Å². The van der Waals surface area contributed by atoms with Crippen LogP contribution in [-0.4, -0.2) is 36.9 Å². The maximum atomic E-state index is 13.1. The Balaban J connectivity index is 2.14. The molecule has 2 aromatic carbocycles. The largest absolute Gasteiger partial charge is 0.496 e. The van der Waals surface area contributed by atoms with Crippen molar-refractivity contribution in [3.63, 3.8) is 0 Å². The standard InChI is InChI=1S/C21H24BrFN2O3/c1-13(2)19(24-20(26)14-5-8-17(23)9-6-14)21(27)25(3)12-15-11-16(22)7-10-18(15)28-4/h5-11,13,19H,12H2,1-4H3,(H,24,26)/t19-/m0/s1. The Labute approximate surface area is 173 Å². The number of carbonyl (C=O) groups excluding carboxylic acids is 2. The van der Waals surface area contributed by atoms with E-state index in [2.05, 4.69) is 21.2 Å².